The number of aliphatic hydroxyl groups is 1. The number of unbranched alkanes of at least 4 members (excludes halogenated alkanes) is 26. The third-order valence-electron chi connectivity index (χ3n) is 11.0. The van der Waals surface area contributed by atoms with Gasteiger partial charge in [0.25, 0.3) is 0 Å². The molecule has 60 heavy (non-hydrogen) atoms. The highest BCUT2D eigenvalue weighted by Gasteiger charge is 2.27. The van der Waals surface area contributed by atoms with Crippen molar-refractivity contribution in [3.63, 3.8) is 0 Å². The Labute approximate surface area is 371 Å². The van der Waals surface area contributed by atoms with E-state index in [1.807, 2.05) is 27.2 Å². The van der Waals surface area contributed by atoms with Gasteiger partial charge in [0, 0.05) is 6.42 Å². The number of carbonyl (C=O) groups excluding carboxylic acids is 1. The second-order valence-corrected chi connectivity index (χ2v) is 19.6. The highest BCUT2D eigenvalue weighted by molar-refractivity contribution is 7.47. The van der Waals surface area contributed by atoms with Gasteiger partial charge in [-0.25, -0.2) is 4.57 Å². The lowest BCUT2D eigenvalue weighted by Gasteiger charge is -2.25. The molecule has 0 aromatic carbocycles. The highest BCUT2D eigenvalue weighted by Crippen LogP contribution is 2.43. The molecule has 352 valence electrons. The minimum atomic E-state index is -4.35. The Morgan fingerprint density at radius 2 is 0.933 bits per heavy atom. The van der Waals surface area contributed by atoms with Crippen LogP contribution in [0.1, 0.15) is 219 Å². The van der Waals surface area contributed by atoms with E-state index in [0.29, 0.717) is 17.4 Å². The lowest BCUT2D eigenvalue weighted by molar-refractivity contribution is -0.870. The summed E-state index contributed by atoms with van der Waals surface area (Å²) in [6.45, 7) is 4.74. The van der Waals surface area contributed by atoms with Crippen LogP contribution in [0.2, 0.25) is 0 Å². The van der Waals surface area contributed by atoms with E-state index < -0.39 is 20.0 Å². The molecule has 0 bridgehead atoms. The minimum absolute atomic E-state index is 0.0524. The second-order valence-electron chi connectivity index (χ2n) is 18.2. The van der Waals surface area contributed by atoms with Crippen LogP contribution in [0.5, 0.6) is 0 Å². The summed E-state index contributed by atoms with van der Waals surface area (Å²) < 4.78 is 23.5. The van der Waals surface area contributed by atoms with Crippen LogP contribution in [-0.4, -0.2) is 73.4 Å². The molecular weight excluding hydrogens is 768 g/mol. The Bertz CT molecular complexity index is 1120. The average Bonchev–Trinajstić information content (AvgIpc) is 3.20. The number of quaternary nitrogens is 1. The van der Waals surface area contributed by atoms with Gasteiger partial charge in [0.05, 0.1) is 39.9 Å². The zero-order valence-electron chi connectivity index (χ0n) is 39.9. The van der Waals surface area contributed by atoms with Crippen LogP contribution in [0.25, 0.3) is 0 Å². The van der Waals surface area contributed by atoms with Crippen molar-refractivity contribution in [1.29, 1.82) is 0 Å². The van der Waals surface area contributed by atoms with Crippen LogP contribution in [0, 0.1) is 0 Å². The molecule has 3 atom stereocenters. The van der Waals surface area contributed by atoms with Crippen LogP contribution < -0.4 is 5.32 Å². The fourth-order valence-corrected chi connectivity index (χ4v) is 7.73. The lowest BCUT2D eigenvalue weighted by Crippen LogP contribution is -2.45. The largest absolute Gasteiger partial charge is 0.472 e. The first kappa shape index (κ1) is 58.5. The number of phosphoric ester groups is 1. The number of hydrogen-bond donors (Lipinski definition) is 3. The van der Waals surface area contributed by atoms with Crippen molar-refractivity contribution in [3.05, 3.63) is 48.6 Å². The third kappa shape index (κ3) is 44.5. The molecule has 0 spiro atoms. The maximum absolute atomic E-state index is 12.9. The van der Waals surface area contributed by atoms with Gasteiger partial charge in [0.2, 0.25) is 5.91 Å². The maximum Gasteiger partial charge on any atom is 0.472 e. The van der Waals surface area contributed by atoms with Crippen LogP contribution in [0.4, 0.5) is 0 Å². The molecule has 0 heterocycles. The van der Waals surface area contributed by atoms with Gasteiger partial charge in [0.1, 0.15) is 13.2 Å². The summed E-state index contributed by atoms with van der Waals surface area (Å²) >= 11 is 0. The molecule has 0 fully saturated rings. The van der Waals surface area contributed by atoms with Gasteiger partial charge in [0.15, 0.2) is 0 Å². The molecular formula is C51H98N2O6P+. The first-order valence-corrected chi connectivity index (χ1v) is 26.5. The van der Waals surface area contributed by atoms with Crippen molar-refractivity contribution in [2.75, 3.05) is 40.9 Å². The number of hydrogen-bond acceptors (Lipinski definition) is 5. The third-order valence-corrected chi connectivity index (χ3v) is 12.0. The van der Waals surface area contributed by atoms with E-state index in [1.54, 1.807) is 6.08 Å². The Hall–Kier alpha value is -1.54. The molecule has 1 amide bonds. The normalized spacial score (nSPS) is 14.6. The summed E-state index contributed by atoms with van der Waals surface area (Å²) in [6.07, 6.45) is 54.9. The number of nitrogens with one attached hydrogen (secondary N) is 1. The molecule has 3 unspecified atom stereocenters. The van der Waals surface area contributed by atoms with Crippen molar-refractivity contribution in [1.82, 2.24) is 5.32 Å². The Kier molecular flexibility index (Phi) is 41.6. The zero-order valence-corrected chi connectivity index (χ0v) is 40.8. The predicted molar refractivity (Wildman–Crippen MR) is 258 cm³/mol. The van der Waals surface area contributed by atoms with Crippen molar-refractivity contribution in [2.24, 2.45) is 0 Å². The Balaban J connectivity index is 4.20. The van der Waals surface area contributed by atoms with Gasteiger partial charge in [-0.1, -0.05) is 197 Å². The number of phosphoric acid groups is 1. The van der Waals surface area contributed by atoms with E-state index in [2.05, 4.69) is 55.6 Å². The van der Waals surface area contributed by atoms with Crippen molar-refractivity contribution in [2.45, 2.75) is 231 Å². The predicted octanol–water partition coefficient (Wildman–Crippen LogP) is 14.4. The molecule has 0 aliphatic carbocycles. The monoisotopic (exact) mass is 866 g/mol. The molecule has 0 aliphatic heterocycles. The summed E-state index contributed by atoms with van der Waals surface area (Å²) in [5.74, 6) is -0.194. The molecule has 0 aliphatic rings. The van der Waals surface area contributed by atoms with Crippen LogP contribution in [0.15, 0.2) is 48.6 Å². The molecule has 9 heteroatoms. The highest BCUT2D eigenvalue weighted by atomic mass is 31.2. The Morgan fingerprint density at radius 3 is 1.38 bits per heavy atom. The molecule has 0 saturated heterocycles. The molecule has 0 aromatic rings. The first-order chi connectivity index (χ1) is 29.0. The van der Waals surface area contributed by atoms with Gasteiger partial charge >= 0.3 is 7.82 Å². The van der Waals surface area contributed by atoms with Gasteiger partial charge in [-0.2, -0.15) is 0 Å². The number of nitrogens with zero attached hydrogens (tertiary/aromatic N) is 1. The molecule has 0 radical (unpaired) electrons. The molecule has 3 N–H and O–H groups in total. The number of likely N-dealkylation sites (N-methyl/N-ethyl adjacent to an activating group) is 1. The molecule has 0 rings (SSSR count). The fourth-order valence-electron chi connectivity index (χ4n) is 7.00. The lowest BCUT2D eigenvalue weighted by atomic mass is 10.0. The molecule has 8 nitrogen and oxygen atoms in total. The minimum Gasteiger partial charge on any atom is -0.387 e. The van der Waals surface area contributed by atoms with E-state index in [4.69, 9.17) is 9.05 Å². The van der Waals surface area contributed by atoms with E-state index >= 15 is 0 Å². The topological polar surface area (TPSA) is 105 Å². The standard InChI is InChI=1S/C51H97N2O6P/c1-6-8-10-12-14-16-18-20-21-22-23-24-25-26-27-28-29-30-31-32-33-35-37-39-41-43-45-51(55)52-49(48-59-60(56,57)58-47-46-53(3,4)5)50(54)44-42-40-38-36-34-19-17-15-13-11-9-7-2/h13,15,26-27,34,36,42,44,49-50,54H,6-12,14,16-25,28-33,35,37-41,43,45-48H2,1-5H3,(H-,52,55,56,57)/p+1/b15-13+,27-26-,36-34+,44-42+. The number of carbonyl (C=O) groups is 1. The number of rotatable bonds is 45. The van der Waals surface area contributed by atoms with Crippen molar-refractivity contribution >= 4 is 13.7 Å². The summed E-state index contributed by atoms with van der Waals surface area (Å²) in [6, 6.07) is -0.869. The Morgan fingerprint density at radius 1 is 0.550 bits per heavy atom. The van der Waals surface area contributed by atoms with E-state index in [9.17, 15) is 19.4 Å². The van der Waals surface area contributed by atoms with Gasteiger partial charge in [-0.05, 0) is 64.2 Å². The molecule has 0 saturated carbocycles. The van der Waals surface area contributed by atoms with Crippen molar-refractivity contribution < 1.29 is 32.9 Å². The van der Waals surface area contributed by atoms with Crippen molar-refractivity contribution in [3.8, 4) is 0 Å². The summed E-state index contributed by atoms with van der Waals surface area (Å²) in [7, 11) is 1.54. The number of aliphatic hydroxyl groups excluding tert-OH is 1. The smallest absolute Gasteiger partial charge is 0.387 e. The van der Waals surface area contributed by atoms with Crippen LogP contribution in [-0.2, 0) is 18.4 Å². The van der Waals surface area contributed by atoms with Gasteiger partial charge in [-0.3, -0.25) is 13.8 Å². The average molecular weight is 866 g/mol. The fraction of sp³-hybridized carbons (Fsp3) is 0.824. The first-order valence-electron chi connectivity index (χ1n) is 25.0. The maximum atomic E-state index is 12.9. The van der Waals surface area contributed by atoms with Crippen LogP contribution >= 0.6 is 7.82 Å². The quantitative estimate of drug-likeness (QED) is 0.0244. The second kappa shape index (κ2) is 42.7. The van der Waals surface area contributed by atoms with Gasteiger partial charge < -0.3 is 19.8 Å². The van der Waals surface area contributed by atoms with Gasteiger partial charge in [-0.15, -0.1) is 0 Å². The summed E-state index contributed by atoms with van der Waals surface area (Å²) in [5, 5.41) is 13.8. The van der Waals surface area contributed by atoms with E-state index in [1.165, 1.54) is 148 Å². The number of allylic oxidation sites excluding steroid dienone is 7. The molecule has 0 aromatic heterocycles. The summed E-state index contributed by atoms with van der Waals surface area (Å²) in [5.41, 5.74) is 0. The number of amides is 1. The van der Waals surface area contributed by atoms with E-state index in [-0.39, 0.29) is 19.1 Å². The van der Waals surface area contributed by atoms with E-state index in [0.717, 1.165) is 51.4 Å². The van der Waals surface area contributed by atoms with Crippen LogP contribution in [0.3, 0.4) is 0 Å². The SMILES string of the molecule is CCCC/C=C/CC/C=C/CC/C=C/C(O)C(COP(=O)(O)OCC[N+](C)(C)C)NC(=O)CCCCCCCCCCCC/C=C\CCCCCCCCCCCCCC. The zero-order chi connectivity index (χ0) is 44.3. The summed E-state index contributed by atoms with van der Waals surface area (Å²) in [4.78, 5) is 23.1.